The van der Waals surface area contributed by atoms with Crippen molar-refractivity contribution in [3.63, 3.8) is 0 Å². The first kappa shape index (κ1) is 25.3. The SMILES string of the molecule is CNS(=O)(=O)CCO[C@]12CCCC[C@@]1(S(=O)(=O)c1ccc(Cl)cc1)c1c(F)ccc(F)c1OC2. The number of fused-ring (bicyclic) bond motifs is 3. The van der Waals surface area contributed by atoms with Gasteiger partial charge in [0.05, 0.1) is 22.8 Å². The number of sulfonamides is 1. The fourth-order valence-electron chi connectivity index (χ4n) is 5.00. The van der Waals surface area contributed by atoms with Gasteiger partial charge in [-0.1, -0.05) is 24.4 Å². The lowest BCUT2D eigenvalue weighted by Crippen LogP contribution is -2.65. The van der Waals surface area contributed by atoms with Gasteiger partial charge < -0.3 is 9.47 Å². The van der Waals surface area contributed by atoms with Crippen molar-refractivity contribution < 1.29 is 35.1 Å². The predicted molar refractivity (Wildman–Crippen MR) is 122 cm³/mol. The van der Waals surface area contributed by atoms with Gasteiger partial charge in [-0.3, -0.25) is 0 Å². The Balaban J connectivity index is 1.96. The van der Waals surface area contributed by atoms with Crippen molar-refractivity contribution in [1.29, 1.82) is 0 Å². The van der Waals surface area contributed by atoms with Crippen LogP contribution in [0, 0.1) is 11.6 Å². The maximum atomic E-state index is 15.4. The summed E-state index contributed by atoms with van der Waals surface area (Å²) in [5.41, 5.74) is -2.07. The number of hydrogen-bond donors (Lipinski definition) is 1. The smallest absolute Gasteiger partial charge is 0.213 e. The lowest BCUT2D eigenvalue weighted by Gasteiger charge is -2.54. The topological polar surface area (TPSA) is 98.8 Å². The molecule has 2 atom stereocenters. The first-order valence-corrected chi connectivity index (χ1v) is 14.2. The molecule has 12 heteroatoms. The van der Waals surface area contributed by atoms with E-state index in [1.54, 1.807) is 0 Å². The molecule has 0 radical (unpaired) electrons. The van der Waals surface area contributed by atoms with Gasteiger partial charge in [-0.2, -0.15) is 0 Å². The Morgan fingerprint density at radius 2 is 1.68 bits per heavy atom. The third-order valence-corrected chi connectivity index (χ3v) is 10.8. The number of halogens is 3. The summed E-state index contributed by atoms with van der Waals surface area (Å²) in [4.78, 5) is -0.133. The molecule has 1 saturated carbocycles. The standard InChI is InChI=1S/C22H24ClF2NO6S2/c1-26-33(27,28)13-12-32-21-10-2-3-11-22(21,34(29,30)16-6-4-15(23)5-7-16)19-17(24)8-9-18(25)20(19)31-14-21/h4-9,26H,2-3,10-14H2,1H3/t21-,22+/m0/s1. The second-order valence-corrected chi connectivity index (χ2v) is 13.0. The number of rotatable bonds is 7. The molecule has 1 N–H and O–H groups in total. The van der Waals surface area contributed by atoms with Crippen LogP contribution in [0.25, 0.3) is 0 Å². The molecular weight excluding hydrogens is 512 g/mol. The molecular formula is C22H24ClF2NO6S2. The molecule has 7 nitrogen and oxygen atoms in total. The maximum absolute atomic E-state index is 15.4. The summed E-state index contributed by atoms with van der Waals surface area (Å²) in [6.45, 7) is -0.747. The lowest BCUT2D eigenvalue weighted by molar-refractivity contribution is -0.128. The zero-order chi connectivity index (χ0) is 24.8. The van der Waals surface area contributed by atoms with Crippen LogP contribution in [0.1, 0.15) is 31.2 Å². The molecule has 0 spiro atoms. The summed E-state index contributed by atoms with van der Waals surface area (Å²) in [6.07, 6.45) is 1.02. The normalized spacial score (nSPS) is 24.7. The quantitative estimate of drug-likeness (QED) is 0.582. The van der Waals surface area contributed by atoms with Crippen LogP contribution in [0.3, 0.4) is 0 Å². The van der Waals surface area contributed by atoms with Crippen LogP contribution in [0.4, 0.5) is 8.78 Å². The fraction of sp³-hybridized carbons (Fsp3) is 0.455. The summed E-state index contributed by atoms with van der Waals surface area (Å²) in [5, 5.41) is 0.310. The third kappa shape index (κ3) is 3.91. The Hall–Kier alpha value is -1.79. The van der Waals surface area contributed by atoms with Gasteiger partial charge in [-0.15, -0.1) is 0 Å². The molecule has 1 heterocycles. The Labute approximate surface area is 202 Å². The first-order valence-electron chi connectivity index (χ1n) is 10.7. The highest BCUT2D eigenvalue weighted by atomic mass is 35.5. The van der Waals surface area contributed by atoms with E-state index in [4.69, 9.17) is 21.1 Å². The predicted octanol–water partition coefficient (Wildman–Crippen LogP) is 3.56. The van der Waals surface area contributed by atoms with Gasteiger partial charge in [0.15, 0.2) is 21.4 Å². The number of sulfone groups is 1. The van der Waals surface area contributed by atoms with Gasteiger partial charge in [0.2, 0.25) is 10.0 Å². The van der Waals surface area contributed by atoms with Crippen molar-refractivity contribution in [2.24, 2.45) is 0 Å². The molecule has 0 unspecified atom stereocenters. The number of benzene rings is 2. The van der Waals surface area contributed by atoms with E-state index < -0.39 is 58.9 Å². The lowest BCUT2D eigenvalue weighted by atomic mass is 9.69. The van der Waals surface area contributed by atoms with Crippen LogP contribution in [0.5, 0.6) is 5.75 Å². The number of ether oxygens (including phenoxy) is 2. The Kier molecular flexibility index (Phi) is 6.71. The average molecular weight is 536 g/mol. The zero-order valence-corrected chi connectivity index (χ0v) is 20.7. The van der Waals surface area contributed by atoms with Crippen molar-refractivity contribution in [2.45, 2.75) is 40.9 Å². The monoisotopic (exact) mass is 535 g/mol. The van der Waals surface area contributed by atoms with Crippen molar-refractivity contribution in [3.8, 4) is 5.75 Å². The summed E-state index contributed by atoms with van der Waals surface area (Å²) >= 11 is 5.95. The molecule has 34 heavy (non-hydrogen) atoms. The molecule has 2 aromatic rings. The van der Waals surface area contributed by atoms with Crippen LogP contribution in [0.15, 0.2) is 41.3 Å². The van der Waals surface area contributed by atoms with Gasteiger partial charge >= 0.3 is 0 Å². The molecule has 0 amide bonds. The van der Waals surface area contributed by atoms with Gasteiger partial charge in [-0.05, 0) is 56.3 Å². The van der Waals surface area contributed by atoms with Gasteiger partial charge in [0, 0.05) is 5.02 Å². The summed E-state index contributed by atoms with van der Waals surface area (Å²) in [7, 11) is -6.83. The molecule has 1 aliphatic heterocycles. The van der Waals surface area contributed by atoms with E-state index in [0.717, 1.165) is 12.1 Å². The highest BCUT2D eigenvalue weighted by Gasteiger charge is 2.67. The minimum atomic E-state index is -4.42. The van der Waals surface area contributed by atoms with Crippen molar-refractivity contribution in [3.05, 3.63) is 58.6 Å². The third-order valence-electron chi connectivity index (χ3n) is 6.63. The largest absolute Gasteiger partial charge is 0.487 e. The van der Waals surface area contributed by atoms with E-state index in [1.165, 1.54) is 31.3 Å². The van der Waals surface area contributed by atoms with Crippen molar-refractivity contribution in [1.82, 2.24) is 4.72 Å². The summed E-state index contributed by atoms with van der Waals surface area (Å²) < 4.78 is 94.5. The van der Waals surface area contributed by atoms with Crippen molar-refractivity contribution >= 4 is 31.5 Å². The maximum Gasteiger partial charge on any atom is 0.213 e. The molecule has 2 aromatic carbocycles. The Morgan fingerprint density at radius 1 is 1.03 bits per heavy atom. The van der Waals surface area contributed by atoms with Crippen LogP contribution in [-0.2, 0) is 29.3 Å². The first-order chi connectivity index (χ1) is 16.0. The number of hydrogen-bond acceptors (Lipinski definition) is 6. The van der Waals surface area contributed by atoms with E-state index in [0.29, 0.717) is 17.9 Å². The molecule has 2 aliphatic rings. The summed E-state index contributed by atoms with van der Waals surface area (Å²) in [5.74, 6) is -2.74. The van der Waals surface area contributed by atoms with E-state index in [2.05, 4.69) is 4.72 Å². The molecule has 1 fully saturated rings. The molecule has 0 saturated heterocycles. The Morgan fingerprint density at radius 3 is 2.35 bits per heavy atom. The molecule has 186 valence electrons. The number of nitrogens with one attached hydrogen (secondary N) is 1. The zero-order valence-electron chi connectivity index (χ0n) is 18.3. The fourth-order valence-corrected chi connectivity index (χ4v) is 8.11. The van der Waals surface area contributed by atoms with Crippen LogP contribution in [-0.4, -0.2) is 48.5 Å². The average Bonchev–Trinajstić information content (AvgIpc) is 2.81. The van der Waals surface area contributed by atoms with Gasteiger partial charge in [0.1, 0.15) is 22.8 Å². The minimum Gasteiger partial charge on any atom is -0.487 e. The highest BCUT2D eigenvalue weighted by molar-refractivity contribution is 7.92. The minimum absolute atomic E-state index is 0.0620. The van der Waals surface area contributed by atoms with E-state index in [-0.39, 0.29) is 31.0 Å². The highest BCUT2D eigenvalue weighted by Crippen LogP contribution is 2.59. The van der Waals surface area contributed by atoms with Gasteiger partial charge in [0.25, 0.3) is 0 Å². The molecule has 0 aromatic heterocycles. The van der Waals surface area contributed by atoms with Crippen LogP contribution in [0.2, 0.25) is 5.02 Å². The van der Waals surface area contributed by atoms with E-state index in [1.807, 2.05) is 0 Å². The molecule has 4 rings (SSSR count). The van der Waals surface area contributed by atoms with Crippen LogP contribution >= 0.6 is 11.6 Å². The summed E-state index contributed by atoms with van der Waals surface area (Å²) in [6, 6.07) is 7.17. The van der Waals surface area contributed by atoms with E-state index >= 15 is 4.39 Å². The second-order valence-electron chi connectivity index (χ2n) is 8.38. The molecule has 0 bridgehead atoms. The van der Waals surface area contributed by atoms with Crippen LogP contribution < -0.4 is 9.46 Å². The molecule has 1 aliphatic carbocycles. The van der Waals surface area contributed by atoms with Crippen molar-refractivity contribution in [2.75, 3.05) is 26.0 Å². The van der Waals surface area contributed by atoms with E-state index in [9.17, 15) is 21.2 Å². The Bertz CT molecular complexity index is 1300. The second kappa shape index (κ2) is 9.02. The van der Waals surface area contributed by atoms with Gasteiger partial charge in [-0.25, -0.2) is 30.3 Å².